The van der Waals surface area contributed by atoms with Crippen LogP contribution in [-0.4, -0.2) is 71.3 Å². The number of unbranched alkanes of at least 4 members (excludes halogenated alkanes) is 3. The number of nitrogens with zero attached hydrogens (tertiary/aromatic N) is 4. The maximum Gasteiger partial charge on any atom is 0.324 e. The van der Waals surface area contributed by atoms with Gasteiger partial charge in [-0.15, -0.1) is 0 Å². The van der Waals surface area contributed by atoms with Gasteiger partial charge in [-0.2, -0.15) is 0 Å². The lowest BCUT2D eigenvalue weighted by Gasteiger charge is -2.36. The van der Waals surface area contributed by atoms with Crippen LogP contribution < -0.4 is 10.4 Å². The van der Waals surface area contributed by atoms with Crippen LogP contribution in [0.15, 0.2) is 54.7 Å². The number of aryl methyl sites for hydroxylation is 1. The highest BCUT2D eigenvalue weighted by Gasteiger charge is 2.25. The summed E-state index contributed by atoms with van der Waals surface area (Å²) >= 11 is 0. The van der Waals surface area contributed by atoms with Gasteiger partial charge in [0.2, 0.25) is 5.91 Å². The standard InChI is InChI=1S/C28H37N5O3/c1-30-17-19-32(20-18-30)28(35)33(15-6-4-3-5-7-27(34)29-36)25-12-10-22(11-13-25)24-9-8-23-14-16-31(2)26(23)21-24/h8-14,16,21,36H,3-7,15,17-20H2,1-2H3,(H,29,34). The summed E-state index contributed by atoms with van der Waals surface area (Å²) in [6.45, 7) is 3.86. The monoisotopic (exact) mass is 491 g/mol. The van der Waals surface area contributed by atoms with Crippen molar-refractivity contribution in [2.75, 3.05) is 44.7 Å². The van der Waals surface area contributed by atoms with Crippen LogP contribution in [0.2, 0.25) is 0 Å². The number of anilines is 1. The van der Waals surface area contributed by atoms with E-state index >= 15 is 0 Å². The van der Waals surface area contributed by atoms with Crippen molar-refractivity contribution in [1.29, 1.82) is 0 Å². The molecular weight excluding hydrogens is 454 g/mol. The minimum atomic E-state index is -0.353. The molecule has 2 heterocycles. The molecule has 0 atom stereocenters. The summed E-state index contributed by atoms with van der Waals surface area (Å²) in [4.78, 5) is 30.8. The van der Waals surface area contributed by atoms with Gasteiger partial charge < -0.3 is 14.4 Å². The SMILES string of the molecule is CN1CCN(C(=O)N(CCCCCCC(=O)NO)c2ccc(-c3ccc4ccn(C)c4c3)cc2)CC1. The number of amides is 3. The summed E-state index contributed by atoms with van der Waals surface area (Å²) in [6.07, 6.45) is 5.76. The molecule has 3 amide bonds. The minimum Gasteiger partial charge on any atom is -0.351 e. The number of rotatable bonds is 9. The molecule has 4 rings (SSSR count). The molecule has 0 saturated carbocycles. The van der Waals surface area contributed by atoms with E-state index < -0.39 is 0 Å². The van der Waals surface area contributed by atoms with Gasteiger partial charge in [-0.05, 0) is 60.7 Å². The predicted molar refractivity (Wildman–Crippen MR) is 143 cm³/mol. The average molecular weight is 492 g/mol. The predicted octanol–water partition coefficient (Wildman–Crippen LogP) is 4.48. The Bertz CT molecular complexity index is 1170. The van der Waals surface area contributed by atoms with E-state index in [4.69, 9.17) is 5.21 Å². The Morgan fingerprint density at radius 1 is 0.889 bits per heavy atom. The molecule has 192 valence electrons. The molecule has 36 heavy (non-hydrogen) atoms. The maximum absolute atomic E-state index is 13.5. The summed E-state index contributed by atoms with van der Waals surface area (Å²) in [5.74, 6) is -0.353. The van der Waals surface area contributed by atoms with Gasteiger partial charge in [0.25, 0.3) is 0 Å². The number of hydroxylamine groups is 1. The summed E-state index contributed by atoms with van der Waals surface area (Å²) in [5.41, 5.74) is 6.05. The number of aromatic nitrogens is 1. The number of piperazine rings is 1. The minimum absolute atomic E-state index is 0.0562. The average Bonchev–Trinajstić information content (AvgIpc) is 3.28. The van der Waals surface area contributed by atoms with E-state index in [-0.39, 0.29) is 11.9 Å². The van der Waals surface area contributed by atoms with Crippen molar-refractivity contribution in [3.8, 4) is 11.1 Å². The molecule has 2 N–H and O–H groups in total. The largest absolute Gasteiger partial charge is 0.351 e. The number of carbonyl (C=O) groups is 2. The van der Waals surface area contributed by atoms with E-state index in [1.807, 2.05) is 21.9 Å². The van der Waals surface area contributed by atoms with E-state index in [2.05, 4.69) is 66.2 Å². The van der Waals surface area contributed by atoms with Gasteiger partial charge in [-0.25, -0.2) is 10.3 Å². The molecule has 8 nitrogen and oxygen atoms in total. The Hall–Kier alpha value is -3.36. The summed E-state index contributed by atoms with van der Waals surface area (Å²) < 4.78 is 2.12. The first-order valence-corrected chi connectivity index (χ1v) is 12.8. The van der Waals surface area contributed by atoms with Crippen molar-refractivity contribution in [1.82, 2.24) is 19.8 Å². The molecule has 1 aliphatic rings. The second-order valence-corrected chi connectivity index (χ2v) is 9.67. The Morgan fingerprint density at radius 2 is 1.58 bits per heavy atom. The molecule has 0 unspecified atom stereocenters. The molecule has 1 saturated heterocycles. The van der Waals surface area contributed by atoms with Crippen LogP contribution in [0.3, 0.4) is 0 Å². The number of benzene rings is 2. The van der Waals surface area contributed by atoms with E-state index in [1.54, 1.807) is 5.48 Å². The number of hydrogen-bond acceptors (Lipinski definition) is 4. The van der Waals surface area contributed by atoms with Crippen LogP contribution in [0.5, 0.6) is 0 Å². The van der Waals surface area contributed by atoms with Crippen molar-refractivity contribution in [3.05, 3.63) is 54.7 Å². The molecule has 8 heteroatoms. The second kappa shape index (κ2) is 12.1. The van der Waals surface area contributed by atoms with Crippen molar-refractivity contribution >= 4 is 28.5 Å². The summed E-state index contributed by atoms with van der Waals surface area (Å²) in [6, 6.07) is 16.9. The van der Waals surface area contributed by atoms with Crippen LogP contribution in [0.4, 0.5) is 10.5 Å². The van der Waals surface area contributed by atoms with Crippen LogP contribution in [0, 0.1) is 0 Å². The van der Waals surface area contributed by atoms with Gasteiger partial charge in [-0.3, -0.25) is 14.9 Å². The van der Waals surface area contributed by atoms with E-state index in [1.165, 1.54) is 10.9 Å². The lowest BCUT2D eigenvalue weighted by molar-refractivity contribution is -0.129. The zero-order chi connectivity index (χ0) is 25.5. The zero-order valence-corrected chi connectivity index (χ0v) is 21.3. The first-order chi connectivity index (χ1) is 17.5. The molecule has 1 aromatic heterocycles. The third-order valence-corrected chi connectivity index (χ3v) is 7.07. The summed E-state index contributed by atoms with van der Waals surface area (Å²) in [5, 5.41) is 9.85. The van der Waals surface area contributed by atoms with Crippen LogP contribution >= 0.6 is 0 Å². The highest BCUT2D eigenvalue weighted by molar-refractivity contribution is 5.92. The van der Waals surface area contributed by atoms with Crippen molar-refractivity contribution in [2.45, 2.75) is 32.1 Å². The third-order valence-electron chi connectivity index (χ3n) is 7.07. The summed E-state index contributed by atoms with van der Waals surface area (Å²) in [7, 11) is 4.14. The zero-order valence-electron chi connectivity index (χ0n) is 21.3. The third kappa shape index (κ3) is 6.25. The fraction of sp³-hybridized carbons (Fsp3) is 0.429. The highest BCUT2D eigenvalue weighted by atomic mass is 16.5. The normalized spacial score (nSPS) is 14.2. The van der Waals surface area contributed by atoms with Crippen molar-refractivity contribution in [3.63, 3.8) is 0 Å². The Labute approximate surface area is 213 Å². The van der Waals surface area contributed by atoms with E-state index in [9.17, 15) is 9.59 Å². The molecular formula is C28H37N5O3. The molecule has 1 fully saturated rings. The molecule has 1 aliphatic heterocycles. The Balaban J connectivity index is 1.45. The molecule has 0 spiro atoms. The van der Waals surface area contributed by atoms with Crippen molar-refractivity contribution < 1.29 is 14.8 Å². The first kappa shape index (κ1) is 25.7. The molecule has 2 aromatic carbocycles. The lowest BCUT2D eigenvalue weighted by atomic mass is 10.0. The Kier molecular flexibility index (Phi) is 8.61. The molecule has 0 aliphatic carbocycles. The second-order valence-electron chi connectivity index (χ2n) is 9.67. The number of nitrogens with one attached hydrogen (secondary N) is 1. The number of carbonyl (C=O) groups excluding carboxylic acids is 2. The highest BCUT2D eigenvalue weighted by Crippen LogP contribution is 2.28. The van der Waals surface area contributed by atoms with Crippen LogP contribution in [-0.2, 0) is 11.8 Å². The van der Waals surface area contributed by atoms with Crippen LogP contribution in [0.25, 0.3) is 22.0 Å². The van der Waals surface area contributed by atoms with Gasteiger partial charge in [0, 0.05) is 63.6 Å². The maximum atomic E-state index is 13.5. The van der Waals surface area contributed by atoms with E-state index in [0.717, 1.165) is 68.7 Å². The number of hydrogen-bond donors (Lipinski definition) is 2. The fourth-order valence-corrected chi connectivity index (χ4v) is 4.74. The van der Waals surface area contributed by atoms with Gasteiger partial charge >= 0.3 is 6.03 Å². The molecule has 0 radical (unpaired) electrons. The number of urea groups is 1. The Morgan fingerprint density at radius 3 is 2.31 bits per heavy atom. The van der Waals surface area contributed by atoms with Gasteiger partial charge in [0.15, 0.2) is 0 Å². The molecule has 3 aromatic rings. The lowest BCUT2D eigenvalue weighted by Crippen LogP contribution is -2.52. The number of likely N-dealkylation sites (N-methyl/N-ethyl adjacent to an activating group) is 1. The van der Waals surface area contributed by atoms with Crippen LogP contribution in [0.1, 0.15) is 32.1 Å². The molecule has 0 bridgehead atoms. The number of fused-ring (bicyclic) bond motifs is 1. The topological polar surface area (TPSA) is 81.1 Å². The van der Waals surface area contributed by atoms with E-state index in [0.29, 0.717) is 13.0 Å². The van der Waals surface area contributed by atoms with Gasteiger partial charge in [0.05, 0.1) is 0 Å². The quantitative estimate of drug-likeness (QED) is 0.263. The first-order valence-electron chi connectivity index (χ1n) is 12.8. The fourth-order valence-electron chi connectivity index (χ4n) is 4.74. The van der Waals surface area contributed by atoms with Crippen molar-refractivity contribution in [2.24, 2.45) is 7.05 Å². The van der Waals surface area contributed by atoms with Gasteiger partial charge in [-0.1, -0.05) is 37.1 Å². The van der Waals surface area contributed by atoms with Gasteiger partial charge in [0.1, 0.15) is 0 Å². The smallest absolute Gasteiger partial charge is 0.324 e.